The van der Waals surface area contributed by atoms with Gasteiger partial charge >= 0.3 is 0 Å². The molecule has 0 spiro atoms. The summed E-state index contributed by atoms with van der Waals surface area (Å²) in [6, 6.07) is 11.2. The molecule has 36 heavy (non-hydrogen) atoms. The molecule has 0 radical (unpaired) electrons. The number of hydrogen-bond donors (Lipinski definition) is 1. The SMILES string of the molecule is COc1cncc(-c2cc(F)ccc2C2Cc3nc(N)nc(C)c3C(=O)N2Cc2cccc(Cl)c2)n1. The second-order valence-corrected chi connectivity index (χ2v) is 8.89. The van der Waals surface area contributed by atoms with E-state index < -0.39 is 11.9 Å². The number of aromatic nitrogens is 4. The van der Waals surface area contributed by atoms with Gasteiger partial charge in [0.1, 0.15) is 5.82 Å². The van der Waals surface area contributed by atoms with Crippen molar-refractivity contribution in [2.45, 2.75) is 25.9 Å². The summed E-state index contributed by atoms with van der Waals surface area (Å²) in [5.74, 6) is -0.297. The van der Waals surface area contributed by atoms with Gasteiger partial charge in [-0.15, -0.1) is 0 Å². The van der Waals surface area contributed by atoms with Crippen molar-refractivity contribution in [1.82, 2.24) is 24.8 Å². The van der Waals surface area contributed by atoms with Crippen LogP contribution in [0.1, 0.15) is 38.9 Å². The average Bonchev–Trinajstić information content (AvgIpc) is 2.85. The maximum Gasteiger partial charge on any atom is 0.258 e. The van der Waals surface area contributed by atoms with E-state index in [0.29, 0.717) is 51.1 Å². The first kappa shape index (κ1) is 23.6. The molecular weight excluding hydrogens is 483 g/mol. The van der Waals surface area contributed by atoms with Crippen molar-refractivity contribution in [2.75, 3.05) is 12.8 Å². The highest BCUT2D eigenvalue weighted by Gasteiger charge is 2.37. The Balaban J connectivity index is 1.68. The Hall–Kier alpha value is -4.11. The van der Waals surface area contributed by atoms with Crippen molar-refractivity contribution in [3.8, 4) is 17.1 Å². The highest BCUT2D eigenvalue weighted by atomic mass is 35.5. The lowest BCUT2D eigenvalue weighted by Gasteiger charge is -2.38. The number of ether oxygens (including phenoxy) is 1. The van der Waals surface area contributed by atoms with Crippen molar-refractivity contribution in [1.29, 1.82) is 0 Å². The third kappa shape index (κ3) is 4.45. The third-order valence-corrected chi connectivity index (χ3v) is 6.37. The van der Waals surface area contributed by atoms with Crippen LogP contribution in [0.5, 0.6) is 5.88 Å². The van der Waals surface area contributed by atoms with Gasteiger partial charge in [0, 0.05) is 23.6 Å². The minimum atomic E-state index is -0.499. The van der Waals surface area contributed by atoms with E-state index >= 15 is 0 Å². The largest absolute Gasteiger partial charge is 0.480 e. The van der Waals surface area contributed by atoms with E-state index in [1.807, 2.05) is 18.2 Å². The monoisotopic (exact) mass is 504 g/mol. The lowest BCUT2D eigenvalue weighted by Crippen LogP contribution is -2.41. The number of carbonyl (C=O) groups is 1. The van der Waals surface area contributed by atoms with Crippen LogP contribution in [0.25, 0.3) is 11.3 Å². The molecule has 2 aromatic heterocycles. The number of hydrogen-bond acceptors (Lipinski definition) is 7. The van der Waals surface area contributed by atoms with Crippen LogP contribution in [0, 0.1) is 12.7 Å². The molecule has 2 N–H and O–H groups in total. The van der Waals surface area contributed by atoms with E-state index in [0.717, 1.165) is 5.56 Å². The van der Waals surface area contributed by atoms with E-state index in [9.17, 15) is 9.18 Å². The van der Waals surface area contributed by atoms with Crippen LogP contribution >= 0.6 is 11.6 Å². The molecular formula is C26H22ClFN6O2. The number of nitrogen functional groups attached to an aromatic ring is 1. The summed E-state index contributed by atoms with van der Waals surface area (Å²) in [5.41, 5.74) is 9.85. The van der Waals surface area contributed by atoms with Crippen LogP contribution in [-0.2, 0) is 13.0 Å². The van der Waals surface area contributed by atoms with Crippen LogP contribution in [0.15, 0.2) is 54.9 Å². The summed E-state index contributed by atoms with van der Waals surface area (Å²) in [6.07, 6.45) is 3.35. The predicted molar refractivity (Wildman–Crippen MR) is 133 cm³/mol. The molecule has 2 aromatic carbocycles. The molecule has 0 bridgehead atoms. The van der Waals surface area contributed by atoms with Crippen molar-refractivity contribution in [2.24, 2.45) is 0 Å². The normalized spacial score (nSPS) is 15.1. The maximum atomic E-state index is 14.5. The number of fused-ring (bicyclic) bond motifs is 1. The number of methoxy groups -OCH3 is 1. The van der Waals surface area contributed by atoms with E-state index in [4.69, 9.17) is 22.1 Å². The minimum Gasteiger partial charge on any atom is -0.480 e. The van der Waals surface area contributed by atoms with Crippen molar-refractivity contribution >= 4 is 23.5 Å². The second-order valence-electron chi connectivity index (χ2n) is 8.45. The van der Waals surface area contributed by atoms with Crippen LogP contribution in [-0.4, -0.2) is 37.9 Å². The summed E-state index contributed by atoms with van der Waals surface area (Å²) in [5, 5.41) is 0.565. The number of amides is 1. The quantitative estimate of drug-likeness (QED) is 0.424. The van der Waals surface area contributed by atoms with Gasteiger partial charge in [-0.05, 0) is 42.3 Å². The number of nitrogens with two attached hydrogens (primary N) is 1. The molecule has 0 aliphatic carbocycles. The highest BCUT2D eigenvalue weighted by molar-refractivity contribution is 6.30. The topological polar surface area (TPSA) is 107 Å². The molecule has 0 saturated carbocycles. The van der Waals surface area contributed by atoms with Crippen LogP contribution in [0.4, 0.5) is 10.3 Å². The molecule has 1 atom stereocenters. The van der Waals surface area contributed by atoms with Crippen LogP contribution in [0.3, 0.4) is 0 Å². The standard InChI is InChI=1S/C26H22ClFN6O2/c1-14-24-20(33-26(29)31-14)10-22(34(25(24)35)13-15-4-3-5-16(27)8-15)18-7-6-17(28)9-19(18)21-11-30-12-23(32-21)36-2/h3-9,11-12,22H,10,13H2,1-2H3,(H2,29,31,33). The lowest BCUT2D eigenvalue weighted by atomic mass is 9.88. The second kappa shape index (κ2) is 9.50. The number of aryl methyl sites for hydroxylation is 1. The highest BCUT2D eigenvalue weighted by Crippen LogP contribution is 2.39. The Labute approximate surface area is 212 Å². The molecule has 0 saturated heterocycles. The third-order valence-electron chi connectivity index (χ3n) is 6.13. The fourth-order valence-corrected chi connectivity index (χ4v) is 4.78. The van der Waals surface area contributed by atoms with Gasteiger partial charge in [-0.2, -0.15) is 0 Å². The summed E-state index contributed by atoms with van der Waals surface area (Å²) >= 11 is 6.22. The predicted octanol–water partition coefficient (Wildman–Crippen LogP) is 4.57. The van der Waals surface area contributed by atoms with Crippen molar-refractivity contribution in [3.63, 3.8) is 0 Å². The first-order valence-corrected chi connectivity index (χ1v) is 11.6. The first-order valence-electron chi connectivity index (χ1n) is 11.2. The minimum absolute atomic E-state index is 0.0964. The fraction of sp³-hybridized carbons (Fsp3) is 0.192. The van der Waals surface area contributed by atoms with E-state index in [1.165, 1.54) is 31.6 Å². The molecule has 3 heterocycles. The zero-order valence-corrected chi connectivity index (χ0v) is 20.3. The zero-order valence-electron chi connectivity index (χ0n) is 19.6. The van der Waals surface area contributed by atoms with Gasteiger partial charge in [0.15, 0.2) is 0 Å². The molecule has 10 heteroatoms. The zero-order chi connectivity index (χ0) is 25.4. The Morgan fingerprint density at radius 3 is 2.78 bits per heavy atom. The van der Waals surface area contributed by atoms with Gasteiger partial charge in [-0.25, -0.2) is 19.3 Å². The number of nitrogens with zero attached hydrogens (tertiary/aromatic N) is 5. The summed E-state index contributed by atoms with van der Waals surface area (Å²) in [7, 11) is 1.48. The van der Waals surface area contributed by atoms with Gasteiger partial charge in [-0.1, -0.05) is 29.8 Å². The van der Waals surface area contributed by atoms with Gasteiger partial charge in [0.25, 0.3) is 5.91 Å². The van der Waals surface area contributed by atoms with Gasteiger partial charge in [0.2, 0.25) is 11.8 Å². The van der Waals surface area contributed by atoms with Crippen LogP contribution < -0.4 is 10.5 Å². The van der Waals surface area contributed by atoms with E-state index in [2.05, 4.69) is 19.9 Å². The van der Waals surface area contributed by atoms with Gasteiger partial charge in [-0.3, -0.25) is 9.78 Å². The summed E-state index contributed by atoms with van der Waals surface area (Å²) < 4.78 is 19.7. The number of anilines is 1. The van der Waals surface area contributed by atoms with E-state index in [-0.39, 0.29) is 18.4 Å². The smallest absolute Gasteiger partial charge is 0.258 e. The molecule has 1 aliphatic heterocycles. The Morgan fingerprint density at radius 1 is 1.17 bits per heavy atom. The summed E-state index contributed by atoms with van der Waals surface area (Å²) in [4.78, 5) is 32.8. The average molecular weight is 505 g/mol. The van der Waals surface area contributed by atoms with E-state index in [1.54, 1.807) is 24.0 Å². The number of benzene rings is 2. The summed E-state index contributed by atoms with van der Waals surface area (Å²) in [6.45, 7) is 2.01. The van der Waals surface area contributed by atoms with Crippen molar-refractivity contribution < 1.29 is 13.9 Å². The molecule has 182 valence electrons. The number of halogens is 2. The first-order chi connectivity index (χ1) is 17.3. The Bertz CT molecular complexity index is 1480. The maximum absolute atomic E-state index is 14.5. The lowest BCUT2D eigenvalue weighted by molar-refractivity contribution is 0.0625. The van der Waals surface area contributed by atoms with Crippen molar-refractivity contribution in [3.05, 3.63) is 93.8 Å². The Kier molecular flexibility index (Phi) is 6.24. The molecule has 0 fully saturated rings. The number of rotatable bonds is 5. The Morgan fingerprint density at radius 2 is 2.00 bits per heavy atom. The van der Waals surface area contributed by atoms with Gasteiger partial charge in [0.05, 0.1) is 48.2 Å². The molecule has 1 unspecified atom stereocenters. The molecule has 1 aliphatic rings. The van der Waals surface area contributed by atoms with Gasteiger partial charge < -0.3 is 15.4 Å². The fourth-order valence-electron chi connectivity index (χ4n) is 4.57. The molecule has 5 rings (SSSR count). The molecule has 4 aromatic rings. The number of carbonyl (C=O) groups excluding carboxylic acids is 1. The molecule has 8 nitrogen and oxygen atoms in total. The molecule has 1 amide bonds. The van der Waals surface area contributed by atoms with Crippen LogP contribution in [0.2, 0.25) is 5.02 Å².